The number of nitrogens with zero attached hydrogens (tertiary/aromatic N) is 5. The Morgan fingerprint density at radius 2 is 1.68 bits per heavy atom. The number of halogens is 3. The van der Waals surface area contributed by atoms with Crippen LogP contribution in [0.15, 0.2) is 59.8 Å². The van der Waals surface area contributed by atoms with Gasteiger partial charge in [0, 0.05) is 24.2 Å². The maximum Gasteiger partial charge on any atom is 0.405 e. The predicted octanol–water partition coefficient (Wildman–Crippen LogP) is 4.04. The molecule has 8 nitrogen and oxygen atoms in total. The fourth-order valence-corrected chi connectivity index (χ4v) is 4.73. The molecule has 3 aromatic heterocycles. The number of hydrogen-bond acceptors (Lipinski definition) is 4. The lowest BCUT2D eigenvalue weighted by Crippen LogP contribution is -2.38. The SMILES string of the molecule is Cc1cc(-c2cncc3c2cnn3C)cc(C)c1-n1c(=O)n(CC(=O)NCC(F)(F)F)c2ccccc21. The second-order valence-corrected chi connectivity index (χ2v) is 8.93. The summed E-state index contributed by atoms with van der Waals surface area (Å²) < 4.78 is 42.1. The van der Waals surface area contributed by atoms with E-state index < -0.39 is 30.9 Å². The van der Waals surface area contributed by atoms with Gasteiger partial charge in [-0.1, -0.05) is 12.1 Å². The number of imidazole rings is 1. The molecule has 5 rings (SSSR count). The number of aryl methyl sites for hydroxylation is 3. The molecular formula is C26H23F3N6O2. The van der Waals surface area contributed by atoms with Crippen LogP contribution in [0.1, 0.15) is 11.1 Å². The molecule has 1 amide bonds. The number of pyridine rings is 1. The monoisotopic (exact) mass is 508 g/mol. The first-order valence-corrected chi connectivity index (χ1v) is 11.5. The van der Waals surface area contributed by atoms with Gasteiger partial charge in [-0.2, -0.15) is 18.3 Å². The summed E-state index contributed by atoms with van der Waals surface area (Å²) in [6.07, 6.45) is 0.766. The Balaban J connectivity index is 1.61. The number of rotatable bonds is 5. The van der Waals surface area contributed by atoms with Gasteiger partial charge >= 0.3 is 11.9 Å². The molecule has 0 spiro atoms. The van der Waals surface area contributed by atoms with E-state index in [1.165, 1.54) is 9.13 Å². The number of fused-ring (bicyclic) bond motifs is 2. The Morgan fingerprint density at radius 1 is 1.00 bits per heavy atom. The normalized spacial score (nSPS) is 11.9. The molecule has 2 aromatic carbocycles. The molecule has 1 N–H and O–H groups in total. The molecule has 0 aliphatic rings. The van der Waals surface area contributed by atoms with Crippen LogP contribution in [0, 0.1) is 13.8 Å². The van der Waals surface area contributed by atoms with Crippen LogP contribution < -0.4 is 11.0 Å². The second kappa shape index (κ2) is 8.91. The minimum Gasteiger partial charge on any atom is -0.345 e. The van der Waals surface area contributed by atoms with Crippen molar-refractivity contribution in [3.05, 3.63) is 76.6 Å². The molecule has 0 radical (unpaired) electrons. The Bertz CT molecular complexity index is 1710. The van der Waals surface area contributed by atoms with Crippen molar-refractivity contribution in [3.63, 3.8) is 0 Å². The van der Waals surface area contributed by atoms with Crippen LogP contribution in [0.5, 0.6) is 0 Å². The second-order valence-electron chi connectivity index (χ2n) is 8.93. The number of benzene rings is 2. The van der Waals surface area contributed by atoms with Gasteiger partial charge in [0.15, 0.2) is 0 Å². The van der Waals surface area contributed by atoms with Crippen LogP contribution in [0.4, 0.5) is 13.2 Å². The number of aromatic nitrogens is 5. The summed E-state index contributed by atoms with van der Waals surface area (Å²) in [4.78, 5) is 30.2. The van der Waals surface area contributed by atoms with E-state index >= 15 is 0 Å². The van der Waals surface area contributed by atoms with E-state index in [9.17, 15) is 22.8 Å². The summed E-state index contributed by atoms with van der Waals surface area (Å²) in [6.45, 7) is 1.78. The van der Waals surface area contributed by atoms with Crippen molar-refractivity contribution in [2.75, 3.05) is 6.54 Å². The van der Waals surface area contributed by atoms with Crippen molar-refractivity contribution < 1.29 is 18.0 Å². The van der Waals surface area contributed by atoms with E-state index in [0.717, 1.165) is 33.2 Å². The van der Waals surface area contributed by atoms with E-state index in [1.54, 1.807) is 47.5 Å². The quantitative estimate of drug-likeness (QED) is 0.388. The highest BCUT2D eigenvalue weighted by molar-refractivity contribution is 5.94. The summed E-state index contributed by atoms with van der Waals surface area (Å²) in [5, 5.41) is 7.10. The zero-order valence-corrected chi connectivity index (χ0v) is 20.3. The van der Waals surface area contributed by atoms with Crippen LogP contribution in [0.2, 0.25) is 0 Å². The molecule has 0 atom stereocenters. The largest absolute Gasteiger partial charge is 0.405 e. The van der Waals surface area contributed by atoms with Gasteiger partial charge in [0.1, 0.15) is 13.1 Å². The molecule has 3 heterocycles. The molecular weight excluding hydrogens is 485 g/mol. The van der Waals surface area contributed by atoms with E-state index in [4.69, 9.17) is 0 Å². The zero-order chi connectivity index (χ0) is 26.5. The topological polar surface area (TPSA) is 86.7 Å². The molecule has 11 heteroatoms. The average molecular weight is 509 g/mol. The summed E-state index contributed by atoms with van der Waals surface area (Å²) in [5.41, 5.74) is 5.44. The molecule has 0 bridgehead atoms. The fraction of sp³-hybridized carbons (Fsp3) is 0.231. The van der Waals surface area contributed by atoms with Gasteiger partial charge in [-0.05, 0) is 54.8 Å². The van der Waals surface area contributed by atoms with Crippen LogP contribution in [-0.2, 0) is 18.4 Å². The van der Waals surface area contributed by atoms with E-state index in [-0.39, 0.29) is 0 Å². The molecule has 5 aromatic rings. The molecule has 0 aliphatic heterocycles. The fourth-order valence-electron chi connectivity index (χ4n) is 4.73. The summed E-state index contributed by atoms with van der Waals surface area (Å²) in [7, 11) is 1.85. The van der Waals surface area contributed by atoms with Gasteiger partial charge in [-0.3, -0.25) is 23.6 Å². The van der Waals surface area contributed by atoms with Crippen LogP contribution in [0.25, 0.3) is 38.8 Å². The Labute approximate surface area is 209 Å². The summed E-state index contributed by atoms with van der Waals surface area (Å²) >= 11 is 0. The van der Waals surface area contributed by atoms with Crippen molar-refractivity contribution in [1.82, 2.24) is 29.2 Å². The van der Waals surface area contributed by atoms with Crippen molar-refractivity contribution in [3.8, 4) is 16.8 Å². The third-order valence-electron chi connectivity index (χ3n) is 6.32. The average Bonchev–Trinajstić information content (AvgIpc) is 3.35. The number of carbonyl (C=O) groups is 1. The lowest BCUT2D eigenvalue weighted by Gasteiger charge is -2.14. The van der Waals surface area contributed by atoms with Gasteiger partial charge in [0.2, 0.25) is 5.91 Å². The third kappa shape index (κ3) is 4.37. The van der Waals surface area contributed by atoms with Gasteiger partial charge < -0.3 is 5.32 Å². The molecule has 0 saturated heterocycles. The Hall–Kier alpha value is -4.41. The standard InChI is InChI=1S/C26H23F3N6O2/c1-15-8-17(18-10-30-12-22-19(18)11-32-33(22)3)9-16(2)24(15)35-21-7-5-4-6-20(21)34(25(35)37)13-23(36)31-14-26(27,28)29/h4-12H,13-14H2,1-3H3,(H,31,36). The maximum atomic E-state index is 13.6. The predicted molar refractivity (Wildman–Crippen MR) is 134 cm³/mol. The first-order chi connectivity index (χ1) is 17.5. The minimum absolute atomic E-state index is 0.446. The molecule has 37 heavy (non-hydrogen) atoms. The smallest absolute Gasteiger partial charge is 0.345 e. The van der Waals surface area contributed by atoms with Crippen LogP contribution >= 0.6 is 0 Å². The minimum atomic E-state index is -4.54. The van der Waals surface area contributed by atoms with Crippen molar-refractivity contribution in [1.29, 1.82) is 0 Å². The maximum absolute atomic E-state index is 13.6. The van der Waals surface area contributed by atoms with Crippen molar-refractivity contribution in [2.45, 2.75) is 26.6 Å². The summed E-state index contributed by atoms with van der Waals surface area (Å²) in [5.74, 6) is -0.900. The number of nitrogens with one attached hydrogen (secondary N) is 1. The molecule has 0 fully saturated rings. The molecule has 190 valence electrons. The number of hydrogen-bond donors (Lipinski definition) is 1. The highest BCUT2D eigenvalue weighted by Gasteiger charge is 2.28. The van der Waals surface area contributed by atoms with E-state index in [0.29, 0.717) is 16.7 Å². The highest BCUT2D eigenvalue weighted by atomic mass is 19.4. The highest BCUT2D eigenvalue weighted by Crippen LogP contribution is 2.32. The number of carbonyl (C=O) groups excluding carboxylic acids is 1. The lowest BCUT2D eigenvalue weighted by atomic mass is 9.98. The van der Waals surface area contributed by atoms with E-state index in [2.05, 4.69) is 10.1 Å². The zero-order valence-electron chi connectivity index (χ0n) is 20.3. The van der Waals surface area contributed by atoms with Gasteiger partial charge in [-0.15, -0.1) is 0 Å². The summed E-state index contributed by atoms with van der Waals surface area (Å²) in [6, 6.07) is 10.8. The van der Waals surface area contributed by atoms with Gasteiger partial charge in [0.25, 0.3) is 0 Å². The number of amides is 1. The van der Waals surface area contributed by atoms with E-state index in [1.807, 2.05) is 38.3 Å². The van der Waals surface area contributed by atoms with Crippen LogP contribution in [-0.4, -0.2) is 42.5 Å². The lowest BCUT2D eigenvalue weighted by molar-refractivity contribution is -0.138. The first-order valence-electron chi connectivity index (χ1n) is 11.5. The molecule has 0 saturated carbocycles. The molecule has 0 aliphatic carbocycles. The number of para-hydroxylation sites is 2. The van der Waals surface area contributed by atoms with Crippen molar-refractivity contribution in [2.24, 2.45) is 7.05 Å². The Morgan fingerprint density at radius 3 is 2.35 bits per heavy atom. The first kappa shape index (κ1) is 24.3. The van der Waals surface area contributed by atoms with Crippen molar-refractivity contribution >= 4 is 27.8 Å². The third-order valence-corrected chi connectivity index (χ3v) is 6.32. The molecule has 0 unspecified atom stereocenters. The number of alkyl halides is 3. The van der Waals surface area contributed by atoms with Crippen LogP contribution in [0.3, 0.4) is 0 Å². The Kier molecular flexibility index (Phi) is 5.85. The van der Waals surface area contributed by atoms with Gasteiger partial charge in [0.05, 0.1) is 34.6 Å². The van der Waals surface area contributed by atoms with Gasteiger partial charge in [-0.25, -0.2) is 4.79 Å².